The Kier molecular flexibility index (Phi) is 10.2. The third kappa shape index (κ3) is 8.12. The highest BCUT2D eigenvalue weighted by atomic mass is 35.5. The van der Waals surface area contributed by atoms with Gasteiger partial charge in [-0.1, -0.05) is 103 Å². The van der Waals surface area contributed by atoms with Gasteiger partial charge in [0.1, 0.15) is 6.04 Å². The predicted octanol–water partition coefficient (Wildman–Crippen LogP) is 6.40. The molecule has 0 bridgehead atoms. The maximum Gasteiger partial charge on any atom is 0.243 e. The Morgan fingerprint density at radius 2 is 1.63 bits per heavy atom. The Hall–Kier alpha value is -2.82. The van der Waals surface area contributed by atoms with Crippen molar-refractivity contribution >= 4 is 35.0 Å². The van der Waals surface area contributed by atoms with E-state index in [1.807, 2.05) is 61.5 Å². The highest BCUT2D eigenvalue weighted by Gasteiger charge is 2.30. The van der Waals surface area contributed by atoms with Gasteiger partial charge >= 0.3 is 0 Å². The molecule has 0 aliphatic carbocycles. The number of nitrogens with zero attached hydrogens (tertiary/aromatic N) is 1. The van der Waals surface area contributed by atoms with Gasteiger partial charge in [-0.2, -0.15) is 0 Å². The second kappa shape index (κ2) is 13.3. The molecule has 3 aromatic rings. The van der Waals surface area contributed by atoms with Crippen LogP contribution in [0.3, 0.4) is 0 Å². The molecule has 0 spiro atoms. The molecule has 1 N–H and O–H groups in total. The predicted molar refractivity (Wildman–Crippen MR) is 144 cm³/mol. The van der Waals surface area contributed by atoms with Crippen LogP contribution in [-0.2, 0) is 29.0 Å². The van der Waals surface area contributed by atoms with Gasteiger partial charge in [-0.25, -0.2) is 0 Å². The lowest BCUT2D eigenvalue weighted by Crippen LogP contribution is -2.51. The first-order valence-corrected chi connectivity index (χ1v) is 12.7. The van der Waals surface area contributed by atoms with Crippen molar-refractivity contribution in [2.75, 3.05) is 6.54 Å². The van der Waals surface area contributed by atoms with Crippen LogP contribution in [0.1, 0.15) is 42.0 Å². The van der Waals surface area contributed by atoms with Crippen molar-refractivity contribution in [2.24, 2.45) is 0 Å². The first-order valence-electron chi connectivity index (χ1n) is 12.0. The lowest BCUT2D eigenvalue weighted by molar-refractivity contribution is -0.140. The molecule has 3 rings (SSSR count). The van der Waals surface area contributed by atoms with Crippen molar-refractivity contribution in [3.8, 4) is 0 Å². The van der Waals surface area contributed by atoms with Crippen LogP contribution in [0.4, 0.5) is 0 Å². The molecule has 0 aliphatic rings. The van der Waals surface area contributed by atoms with Gasteiger partial charge in [0, 0.05) is 19.5 Å². The van der Waals surface area contributed by atoms with E-state index in [1.54, 1.807) is 23.1 Å². The third-order valence-corrected chi connectivity index (χ3v) is 6.61. The fourth-order valence-electron chi connectivity index (χ4n) is 3.99. The summed E-state index contributed by atoms with van der Waals surface area (Å²) in [4.78, 5) is 28.9. The van der Waals surface area contributed by atoms with Crippen molar-refractivity contribution in [3.05, 3.63) is 105 Å². The summed E-state index contributed by atoms with van der Waals surface area (Å²) in [6.07, 6.45) is 2.42. The largest absolute Gasteiger partial charge is 0.354 e. The molecule has 0 heterocycles. The molecule has 35 heavy (non-hydrogen) atoms. The highest BCUT2D eigenvalue weighted by molar-refractivity contribution is 6.42. The fraction of sp³-hybridized carbons (Fsp3) is 0.310. The van der Waals surface area contributed by atoms with Crippen molar-refractivity contribution in [1.29, 1.82) is 0 Å². The second-order valence-corrected chi connectivity index (χ2v) is 9.60. The summed E-state index contributed by atoms with van der Waals surface area (Å²) in [7, 11) is 0. The minimum absolute atomic E-state index is 0.121. The molecular formula is C29H32Cl2N2O2. The van der Waals surface area contributed by atoms with Crippen LogP contribution in [-0.4, -0.2) is 29.3 Å². The molecular weight excluding hydrogens is 479 g/mol. The number of rotatable bonds is 11. The number of nitrogens with one attached hydrogen (secondary N) is 1. The van der Waals surface area contributed by atoms with E-state index >= 15 is 0 Å². The summed E-state index contributed by atoms with van der Waals surface area (Å²) in [5.74, 6) is -0.283. The minimum Gasteiger partial charge on any atom is -0.354 e. The highest BCUT2D eigenvalue weighted by Crippen LogP contribution is 2.24. The van der Waals surface area contributed by atoms with Crippen molar-refractivity contribution in [2.45, 2.75) is 52.1 Å². The summed E-state index contributed by atoms with van der Waals surface area (Å²) in [6.45, 7) is 5.02. The molecule has 0 aromatic heterocycles. The molecule has 1 atom stereocenters. The zero-order valence-corrected chi connectivity index (χ0v) is 21.8. The van der Waals surface area contributed by atoms with Crippen LogP contribution in [0.15, 0.2) is 72.8 Å². The molecule has 2 amide bonds. The van der Waals surface area contributed by atoms with Gasteiger partial charge in [0.25, 0.3) is 0 Å². The smallest absolute Gasteiger partial charge is 0.243 e. The molecule has 6 heteroatoms. The minimum atomic E-state index is -0.648. The Labute approximate surface area is 218 Å². The zero-order chi connectivity index (χ0) is 25.2. The average Bonchev–Trinajstić information content (AvgIpc) is 2.84. The summed E-state index contributed by atoms with van der Waals surface area (Å²) in [5, 5.41) is 3.89. The molecule has 0 saturated carbocycles. The van der Waals surface area contributed by atoms with Crippen LogP contribution in [0.25, 0.3) is 0 Å². The number of carbonyl (C=O) groups excluding carboxylic acids is 2. The van der Waals surface area contributed by atoms with Gasteiger partial charge in [0.05, 0.1) is 16.5 Å². The van der Waals surface area contributed by atoms with Crippen molar-refractivity contribution in [3.63, 3.8) is 0 Å². The molecule has 3 aromatic carbocycles. The zero-order valence-electron chi connectivity index (χ0n) is 20.3. The number of benzene rings is 3. The van der Waals surface area contributed by atoms with Crippen molar-refractivity contribution < 1.29 is 9.59 Å². The third-order valence-electron chi connectivity index (χ3n) is 5.88. The summed E-state index contributed by atoms with van der Waals surface area (Å²) >= 11 is 12.3. The monoisotopic (exact) mass is 510 g/mol. The van der Waals surface area contributed by atoms with Gasteiger partial charge in [-0.15, -0.1) is 0 Å². The van der Waals surface area contributed by atoms with E-state index < -0.39 is 6.04 Å². The van der Waals surface area contributed by atoms with E-state index in [-0.39, 0.29) is 18.2 Å². The maximum atomic E-state index is 13.7. The number of amides is 2. The second-order valence-electron chi connectivity index (χ2n) is 8.79. The van der Waals surface area contributed by atoms with Crippen LogP contribution < -0.4 is 5.32 Å². The van der Waals surface area contributed by atoms with Gasteiger partial charge in [-0.3, -0.25) is 9.59 Å². The molecule has 184 valence electrons. The topological polar surface area (TPSA) is 49.4 Å². The van der Waals surface area contributed by atoms with E-state index in [1.165, 1.54) is 0 Å². The summed E-state index contributed by atoms with van der Waals surface area (Å²) in [5.41, 5.74) is 3.83. The Morgan fingerprint density at radius 3 is 2.31 bits per heavy atom. The Balaban J connectivity index is 1.95. The van der Waals surface area contributed by atoms with Gasteiger partial charge < -0.3 is 10.2 Å². The normalized spacial score (nSPS) is 11.7. The molecule has 0 radical (unpaired) electrons. The average molecular weight is 511 g/mol. The lowest BCUT2D eigenvalue weighted by atomic mass is 10.0. The number of hydrogen-bond acceptors (Lipinski definition) is 2. The SMILES string of the molecule is CCCCNC(=O)C(Cc1ccccc1)N(Cc1cccc(C)c1)C(=O)Cc1ccc(Cl)c(Cl)c1. The summed E-state index contributed by atoms with van der Waals surface area (Å²) < 4.78 is 0. The van der Waals surface area contributed by atoms with Gasteiger partial charge in [0.2, 0.25) is 11.8 Å². The van der Waals surface area contributed by atoms with Crippen molar-refractivity contribution in [1.82, 2.24) is 10.2 Å². The molecule has 0 fully saturated rings. The standard InChI is InChI=1S/C29H32Cl2N2O2/c1-3-4-15-32-29(35)27(18-22-10-6-5-7-11-22)33(20-24-12-8-9-21(2)16-24)28(34)19-23-13-14-25(30)26(31)17-23/h5-14,16-17,27H,3-4,15,18-20H2,1-2H3,(H,32,35). The molecule has 1 unspecified atom stereocenters. The summed E-state index contributed by atoms with van der Waals surface area (Å²) in [6, 6.07) is 22.4. The lowest BCUT2D eigenvalue weighted by Gasteiger charge is -2.32. The maximum absolute atomic E-state index is 13.7. The molecule has 0 saturated heterocycles. The van der Waals surface area contributed by atoms with E-state index in [2.05, 4.69) is 12.2 Å². The number of unbranched alkanes of at least 4 members (excludes halogenated alkanes) is 1. The van der Waals surface area contributed by atoms with E-state index in [0.717, 1.165) is 35.1 Å². The van der Waals surface area contributed by atoms with Crippen LogP contribution >= 0.6 is 23.2 Å². The number of hydrogen-bond donors (Lipinski definition) is 1. The van der Waals surface area contributed by atoms with Gasteiger partial charge in [0.15, 0.2) is 0 Å². The van der Waals surface area contributed by atoms with Gasteiger partial charge in [-0.05, 0) is 42.2 Å². The van der Waals surface area contributed by atoms with E-state index in [9.17, 15) is 9.59 Å². The first-order chi connectivity index (χ1) is 16.9. The number of halogens is 2. The fourth-order valence-corrected chi connectivity index (χ4v) is 4.31. The Bertz CT molecular complexity index is 1130. The van der Waals surface area contributed by atoms with E-state index in [4.69, 9.17) is 23.2 Å². The van der Waals surface area contributed by atoms with E-state index in [0.29, 0.717) is 29.6 Å². The number of aryl methyl sites for hydroxylation is 1. The molecule has 4 nitrogen and oxygen atoms in total. The molecule has 0 aliphatic heterocycles. The number of carbonyl (C=O) groups is 2. The first kappa shape index (κ1) is 26.8. The van der Waals surface area contributed by atoms with Crippen LogP contribution in [0.5, 0.6) is 0 Å². The van der Waals surface area contributed by atoms with Crippen LogP contribution in [0, 0.1) is 6.92 Å². The Morgan fingerprint density at radius 1 is 0.886 bits per heavy atom. The quantitative estimate of drug-likeness (QED) is 0.303. The van der Waals surface area contributed by atoms with Crippen LogP contribution in [0.2, 0.25) is 10.0 Å².